The van der Waals surface area contributed by atoms with Crippen LogP contribution in [0, 0.1) is 6.92 Å². The maximum absolute atomic E-state index is 11.8. The lowest BCUT2D eigenvalue weighted by atomic mass is 9.98. The van der Waals surface area contributed by atoms with Gasteiger partial charge < -0.3 is 5.11 Å². The number of aromatic carboxylic acids is 1. The van der Waals surface area contributed by atoms with E-state index in [4.69, 9.17) is 5.11 Å². The number of benzene rings is 2. The summed E-state index contributed by atoms with van der Waals surface area (Å²) in [6.07, 6.45) is 0. The van der Waals surface area contributed by atoms with Gasteiger partial charge in [-0.15, -0.1) is 0 Å². The van der Waals surface area contributed by atoms with E-state index in [1.165, 1.54) is 6.07 Å². The van der Waals surface area contributed by atoms with E-state index >= 15 is 0 Å². The average Bonchev–Trinajstić information content (AvgIpc) is 2.46. The first-order chi connectivity index (χ1) is 9.51. The first kappa shape index (κ1) is 14.5. The van der Waals surface area contributed by atoms with Gasteiger partial charge in [-0.2, -0.15) is 0 Å². The zero-order valence-corrected chi connectivity index (χ0v) is 12.5. The van der Waals surface area contributed by atoms with Crippen LogP contribution in [0.5, 0.6) is 0 Å². The van der Waals surface area contributed by atoms with Gasteiger partial charge in [0.25, 0.3) is 0 Å². The molecule has 0 radical (unpaired) electrons. The predicted octanol–water partition coefficient (Wildman–Crippen LogP) is 3.94. The summed E-state index contributed by atoms with van der Waals surface area (Å²) in [4.78, 5) is 23.0. The lowest BCUT2D eigenvalue weighted by Crippen LogP contribution is -2.04. The summed E-state index contributed by atoms with van der Waals surface area (Å²) in [5.74, 6) is -1.18. The molecule has 3 nitrogen and oxygen atoms in total. The highest BCUT2D eigenvalue weighted by Gasteiger charge is 2.12. The fraction of sp³-hybridized carbons (Fsp3) is 0.125. The Hall–Kier alpha value is -1.94. The SMILES string of the molecule is Cc1ccc(-c2cc(C(=O)O)cc(C(=O)CBr)c2)cc1. The molecule has 2 aromatic carbocycles. The van der Waals surface area contributed by atoms with E-state index in [9.17, 15) is 9.59 Å². The third-order valence-electron chi connectivity index (χ3n) is 3.01. The Kier molecular flexibility index (Phi) is 4.35. The number of hydrogen-bond donors (Lipinski definition) is 1. The van der Waals surface area contributed by atoms with Crippen LogP contribution in [0.3, 0.4) is 0 Å². The van der Waals surface area contributed by atoms with Gasteiger partial charge in [0, 0.05) is 5.56 Å². The molecule has 0 spiro atoms. The summed E-state index contributed by atoms with van der Waals surface area (Å²) in [7, 11) is 0. The molecule has 0 heterocycles. The van der Waals surface area contributed by atoms with E-state index in [1.807, 2.05) is 31.2 Å². The number of alkyl halides is 1. The Balaban J connectivity index is 2.57. The molecule has 0 amide bonds. The molecular formula is C16H13BrO3. The number of Topliss-reactive ketones (excluding diaryl/α,β-unsaturated/α-hetero) is 1. The predicted molar refractivity (Wildman–Crippen MR) is 81.7 cm³/mol. The topological polar surface area (TPSA) is 54.4 Å². The van der Waals surface area contributed by atoms with Crippen LogP contribution < -0.4 is 0 Å². The molecule has 0 saturated carbocycles. The van der Waals surface area contributed by atoms with Crippen molar-refractivity contribution in [2.45, 2.75) is 6.92 Å². The Morgan fingerprint density at radius 3 is 2.15 bits per heavy atom. The van der Waals surface area contributed by atoms with Crippen LogP contribution in [-0.2, 0) is 0 Å². The van der Waals surface area contributed by atoms with Crippen LogP contribution >= 0.6 is 15.9 Å². The second-order valence-electron chi connectivity index (χ2n) is 4.53. The zero-order valence-electron chi connectivity index (χ0n) is 10.9. The molecular weight excluding hydrogens is 320 g/mol. The number of ketones is 1. The number of carboxylic acid groups (broad SMARTS) is 1. The highest BCUT2D eigenvalue weighted by molar-refractivity contribution is 9.09. The third kappa shape index (κ3) is 3.14. The second-order valence-corrected chi connectivity index (χ2v) is 5.09. The van der Waals surface area contributed by atoms with Crippen LogP contribution in [0.4, 0.5) is 0 Å². The van der Waals surface area contributed by atoms with Crippen LogP contribution in [0.25, 0.3) is 11.1 Å². The Bertz CT molecular complexity index is 660. The summed E-state index contributed by atoms with van der Waals surface area (Å²) in [6, 6.07) is 12.4. The monoisotopic (exact) mass is 332 g/mol. The van der Waals surface area contributed by atoms with Crippen molar-refractivity contribution >= 4 is 27.7 Å². The lowest BCUT2D eigenvalue weighted by Gasteiger charge is -2.07. The average molecular weight is 333 g/mol. The van der Waals surface area contributed by atoms with Crippen molar-refractivity contribution in [2.75, 3.05) is 5.33 Å². The molecule has 2 rings (SSSR count). The first-order valence-electron chi connectivity index (χ1n) is 6.06. The highest BCUT2D eigenvalue weighted by atomic mass is 79.9. The van der Waals surface area contributed by atoms with Crippen molar-refractivity contribution in [2.24, 2.45) is 0 Å². The van der Waals surface area contributed by atoms with E-state index < -0.39 is 5.97 Å². The Morgan fingerprint density at radius 1 is 1.00 bits per heavy atom. The maximum atomic E-state index is 11.8. The maximum Gasteiger partial charge on any atom is 0.335 e. The van der Waals surface area contributed by atoms with Crippen molar-refractivity contribution in [3.8, 4) is 11.1 Å². The van der Waals surface area contributed by atoms with Gasteiger partial charge in [-0.25, -0.2) is 4.79 Å². The van der Waals surface area contributed by atoms with Gasteiger partial charge in [0.1, 0.15) is 0 Å². The number of aryl methyl sites for hydroxylation is 1. The van der Waals surface area contributed by atoms with Gasteiger partial charge in [0.2, 0.25) is 0 Å². The van der Waals surface area contributed by atoms with Gasteiger partial charge in [0.15, 0.2) is 5.78 Å². The van der Waals surface area contributed by atoms with Crippen LogP contribution in [0.1, 0.15) is 26.3 Å². The fourth-order valence-corrected chi connectivity index (χ4v) is 2.23. The van der Waals surface area contributed by atoms with Crippen LogP contribution in [0.15, 0.2) is 42.5 Å². The number of rotatable bonds is 4. The minimum atomic E-state index is -1.04. The minimum Gasteiger partial charge on any atom is -0.478 e. The molecule has 0 aliphatic carbocycles. The summed E-state index contributed by atoms with van der Waals surface area (Å²) in [6.45, 7) is 1.98. The molecule has 0 aromatic heterocycles. The number of halogens is 1. The smallest absolute Gasteiger partial charge is 0.335 e. The van der Waals surface area contributed by atoms with Gasteiger partial charge in [0.05, 0.1) is 10.9 Å². The summed E-state index contributed by atoms with van der Waals surface area (Å²) < 4.78 is 0. The lowest BCUT2D eigenvalue weighted by molar-refractivity contribution is 0.0697. The molecule has 20 heavy (non-hydrogen) atoms. The van der Waals surface area contributed by atoms with Crippen LogP contribution in [-0.4, -0.2) is 22.2 Å². The van der Waals surface area contributed by atoms with E-state index in [1.54, 1.807) is 12.1 Å². The fourth-order valence-electron chi connectivity index (χ4n) is 1.90. The summed E-state index contributed by atoms with van der Waals surface area (Å²) in [5.41, 5.74) is 3.26. The third-order valence-corrected chi connectivity index (χ3v) is 3.52. The molecule has 0 atom stereocenters. The minimum absolute atomic E-state index is 0.118. The van der Waals surface area contributed by atoms with E-state index in [0.717, 1.165) is 16.7 Å². The van der Waals surface area contributed by atoms with Crippen molar-refractivity contribution in [1.82, 2.24) is 0 Å². The molecule has 0 bridgehead atoms. The zero-order chi connectivity index (χ0) is 14.7. The Labute approximate surface area is 125 Å². The largest absolute Gasteiger partial charge is 0.478 e. The molecule has 102 valence electrons. The van der Waals surface area contributed by atoms with Gasteiger partial charge in [-0.3, -0.25) is 4.79 Å². The van der Waals surface area contributed by atoms with Gasteiger partial charge in [-0.1, -0.05) is 45.8 Å². The molecule has 0 aliphatic heterocycles. The molecule has 2 aromatic rings. The second kappa shape index (κ2) is 6.01. The van der Waals surface area contributed by atoms with Crippen molar-refractivity contribution < 1.29 is 14.7 Å². The summed E-state index contributed by atoms with van der Waals surface area (Å²) >= 11 is 3.11. The molecule has 0 fully saturated rings. The van der Waals surface area contributed by atoms with Crippen molar-refractivity contribution in [3.63, 3.8) is 0 Å². The quantitative estimate of drug-likeness (QED) is 0.681. The van der Waals surface area contributed by atoms with Crippen molar-refractivity contribution in [1.29, 1.82) is 0 Å². The van der Waals surface area contributed by atoms with Gasteiger partial charge >= 0.3 is 5.97 Å². The standard InChI is InChI=1S/C16H13BrO3/c1-10-2-4-11(5-3-10)12-6-13(15(18)9-17)8-14(7-12)16(19)20/h2-8H,9H2,1H3,(H,19,20). The number of carbonyl (C=O) groups excluding carboxylic acids is 1. The van der Waals surface area contributed by atoms with E-state index in [2.05, 4.69) is 15.9 Å². The molecule has 1 N–H and O–H groups in total. The number of carbonyl (C=O) groups is 2. The highest BCUT2D eigenvalue weighted by Crippen LogP contribution is 2.23. The van der Waals surface area contributed by atoms with E-state index in [-0.39, 0.29) is 16.7 Å². The normalized spacial score (nSPS) is 10.3. The number of carboxylic acids is 1. The molecule has 0 unspecified atom stereocenters. The molecule has 0 saturated heterocycles. The van der Waals surface area contributed by atoms with Gasteiger partial charge in [-0.05, 0) is 36.2 Å². The number of hydrogen-bond acceptors (Lipinski definition) is 2. The summed E-state index contributed by atoms with van der Waals surface area (Å²) in [5, 5.41) is 9.33. The van der Waals surface area contributed by atoms with E-state index in [0.29, 0.717) is 5.56 Å². The van der Waals surface area contributed by atoms with Crippen LogP contribution in [0.2, 0.25) is 0 Å². The molecule has 4 heteroatoms. The van der Waals surface area contributed by atoms with Crippen molar-refractivity contribution in [3.05, 3.63) is 59.2 Å². The Morgan fingerprint density at radius 2 is 1.60 bits per heavy atom. The molecule has 0 aliphatic rings. The first-order valence-corrected chi connectivity index (χ1v) is 7.18.